The molecule has 0 heterocycles. The molecule has 2 N–H and O–H groups in total. The fourth-order valence-corrected chi connectivity index (χ4v) is 3.81. The summed E-state index contributed by atoms with van der Waals surface area (Å²) in [6.45, 7) is 5.63. The van der Waals surface area contributed by atoms with Crippen LogP contribution in [-0.4, -0.2) is 53.5 Å². The van der Waals surface area contributed by atoms with Crippen molar-refractivity contribution < 1.29 is 19.5 Å². The van der Waals surface area contributed by atoms with E-state index in [1.807, 2.05) is 14.0 Å². The third-order valence-electron chi connectivity index (χ3n) is 5.82. The number of quaternary nitrogens is 1. The van der Waals surface area contributed by atoms with Crippen molar-refractivity contribution in [2.75, 3.05) is 26.7 Å². The minimum absolute atomic E-state index is 0.0896. The van der Waals surface area contributed by atoms with Crippen LogP contribution >= 0.6 is 0 Å². The van der Waals surface area contributed by atoms with E-state index < -0.39 is 5.97 Å². The summed E-state index contributed by atoms with van der Waals surface area (Å²) in [4.78, 5) is 11.0. The van der Waals surface area contributed by atoms with E-state index in [2.05, 4.69) is 6.92 Å². The highest BCUT2D eigenvalue weighted by molar-refractivity contribution is 5.67. The molecule has 2 atom stereocenters. The van der Waals surface area contributed by atoms with Crippen molar-refractivity contribution >= 4 is 5.97 Å². The lowest BCUT2D eigenvalue weighted by molar-refractivity contribution is -0.903. The number of rotatable bonds is 20. The third-order valence-corrected chi connectivity index (χ3v) is 5.82. The first-order valence-corrected chi connectivity index (χ1v) is 11.7. The Morgan fingerprint density at radius 2 is 1.19 bits per heavy atom. The lowest BCUT2D eigenvalue weighted by Gasteiger charge is -2.33. The van der Waals surface area contributed by atoms with Gasteiger partial charge < -0.3 is 14.7 Å². The van der Waals surface area contributed by atoms with Crippen molar-refractivity contribution in [1.29, 1.82) is 0 Å². The highest BCUT2D eigenvalue weighted by Crippen LogP contribution is 2.14. The summed E-state index contributed by atoms with van der Waals surface area (Å²) >= 11 is 0. The molecular weight excluding hydrogens is 338 g/mol. The first-order valence-electron chi connectivity index (χ1n) is 11.7. The highest BCUT2D eigenvalue weighted by Gasteiger charge is 2.26. The summed E-state index contributed by atoms with van der Waals surface area (Å²) in [5.41, 5.74) is 0. The molecule has 0 rings (SSSR count). The van der Waals surface area contributed by atoms with Gasteiger partial charge in [0.15, 0.2) is 6.54 Å². The molecule has 0 fully saturated rings. The largest absolute Gasteiger partial charge is 0.477 e. The van der Waals surface area contributed by atoms with Crippen LogP contribution in [0.3, 0.4) is 0 Å². The van der Waals surface area contributed by atoms with Gasteiger partial charge in [0.1, 0.15) is 12.6 Å². The van der Waals surface area contributed by atoms with Crippen LogP contribution in [0.2, 0.25) is 0 Å². The zero-order chi connectivity index (χ0) is 20.4. The van der Waals surface area contributed by atoms with Crippen molar-refractivity contribution in [2.45, 2.75) is 116 Å². The molecule has 0 aromatic rings. The molecule has 0 saturated carbocycles. The molecule has 4 heteroatoms. The molecule has 0 aliphatic rings. The number of likely N-dealkylation sites (N-methyl/N-ethyl adjacent to an activating group) is 1. The number of hydrogen-bond acceptors (Lipinski definition) is 2. The van der Waals surface area contributed by atoms with Gasteiger partial charge in [-0.3, -0.25) is 0 Å². The number of carbonyl (C=O) groups is 1. The van der Waals surface area contributed by atoms with Crippen LogP contribution < -0.4 is 0 Å². The summed E-state index contributed by atoms with van der Waals surface area (Å²) in [5.74, 6) is -0.789. The summed E-state index contributed by atoms with van der Waals surface area (Å²) in [5, 5.41) is 19.2. The topological polar surface area (TPSA) is 57.5 Å². The monoisotopic (exact) mass is 386 g/mol. The molecule has 0 spiro atoms. The van der Waals surface area contributed by atoms with Gasteiger partial charge in [-0.05, 0) is 13.3 Å². The zero-order valence-corrected chi connectivity index (χ0v) is 18.6. The minimum Gasteiger partial charge on any atom is -0.477 e. The molecule has 0 amide bonds. The lowest BCUT2D eigenvalue weighted by Crippen LogP contribution is -2.51. The molecule has 4 nitrogen and oxygen atoms in total. The average Bonchev–Trinajstić information content (AvgIpc) is 2.61. The standard InChI is InChI=1S/C23H47NO3/c1-4-6-7-8-9-10-11-12-13-14-15-16-17-18-19-22(25)20-24(3,5-2)21-23(26)27/h22,25H,4-21H2,1-3H3/p+1. The van der Waals surface area contributed by atoms with Crippen LogP contribution in [0.4, 0.5) is 0 Å². The van der Waals surface area contributed by atoms with Crippen molar-refractivity contribution in [3.8, 4) is 0 Å². The Bertz CT molecular complexity index is 349. The third kappa shape index (κ3) is 17.2. The Labute approximate surface area is 168 Å². The van der Waals surface area contributed by atoms with Gasteiger partial charge >= 0.3 is 5.97 Å². The van der Waals surface area contributed by atoms with E-state index in [0.29, 0.717) is 11.0 Å². The summed E-state index contributed by atoms with van der Waals surface area (Å²) in [7, 11) is 1.92. The Kier molecular flexibility index (Phi) is 17.1. The molecule has 162 valence electrons. The van der Waals surface area contributed by atoms with Crippen LogP contribution in [0, 0.1) is 0 Å². The fraction of sp³-hybridized carbons (Fsp3) is 0.957. The molecule has 0 aromatic carbocycles. The predicted molar refractivity (Wildman–Crippen MR) is 115 cm³/mol. The van der Waals surface area contributed by atoms with E-state index in [-0.39, 0.29) is 12.6 Å². The van der Waals surface area contributed by atoms with E-state index in [4.69, 9.17) is 5.11 Å². The van der Waals surface area contributed by atoms with Crippen LogP contribution in [0.25, 0.3) is 0 Å². The fourth-order valence-electron chi connectivity index (χ4n) is 3.81. The molecule has 0 radical (unpaired) electrons. The molecule has 0 saturated heterocycles. The van der Waals surface area contributed by atoms with Gasteiger partial charge in [0.05, 0.1) is 13.6 Å². The molecule has 0 aliphatic heterocycles. The van der Waals surface area contributed by atoms with Gasteiger partial charge in [-0.2, -0.15) is 0 Å². The van der Waals surface area contributed by atoms with Gasteiger partial charge in [-0.1, -0.05) is 96.8 Å². The molecular formula is C23H48NO3+. The van der Waals surface area contributed by atoms with Gasteiger partial charge in [0.2, 0.25) is 0 Å². The summed E-state index contributed by atoms with van der Waals surface area (Å²) in [6.07, 6.45) is 19.2. The van der Waals surface area contributed by atoms with Crippen molar-refractivity contribution in [1.82, 2.24) is 0 Å². The smallest absolute Gasteiger partial charge is 0.359 e. The first-order chi connectivity index (χ1) is 12.9. The number of nitrogens with zero attached hydrogens (tertiary/aromatic N) is 1. The second-order valence-corrected chi connectivity index (χ2v) is 8.71. The van der Waals surface area contributed by atoms with E-state index in [9.17, 15) is 9.90 Å². The van der Waals surface area contributed by atoms with Gasteiger partial charge in [-0.15, -0.1) is 0 Å². The minimum atomic E-state index is -0.789. The Morgan fingerprint density at radius 3 is 1.56 bits per heavy atom. The number of unbranched alkanes of at least 4 members (excludes halogenated alkanes) is 13. The first kappa shape index (κ1) is 26.4. The van der Waals surface area contributed by atoms with E-state index in [1.165, 1.54) is 83.5 Å². The quantitative estimate of drug-likeness (QED) is 0.206. The maximum Gasteiger partial charge on any atom is 0.359 e. The molecule has 0 aliphatic carbocycles. The van der Waals surface area contributed by atoms with Crippen molar-refractivity contribution in [2.24, 2.45) is 0 Å². The highest BCUT2D eigenvalue weighted by atomic mass is 16.4. The Balaban J connectivity index is 3.44. The molecule has 0 bridgehead atoms. The number of aliphatic hydroxyl groups excluding tert-OH is 1. The maximum atomic E-state index is 11.0. The van der Waals surface area contributed by atoms with E-state index in [0.717, 1.165) is 19.4 Å². The average molecular weight is 387 g/mol. The zero-order valence-electron chi connectivity index (χ0n) is 18.6. The van der Waals surface area contributed by atoms with Crippen LogP contribution in [0.15, 0.2) is 0 Å². The molecule has 0 aromatic heterocycles. The van der Waals surface area contributed by atoms with Crippen molar-refractivity contribution in [3.05, 3.63) is 0 Å². The number of hydrogen-bond donors (Lipinski definition) is 2. The molecule has 2 unspecified atom stereocenters. The predicted octanol–water partition coefficient (Wildman–Crippen LogP) is 5.77. The van der Waals surface area contributed by atoms with Gasteiger partial charge in [0.25, 0.3) is 0 Å². The second kappa shape index (κ2) is 17.5. The summed E-state index contributed by atoms with van der Waals surface area (Å²) < 4.78 is 0.412. The van der Waals surface area contributed by atoms with Crippen LogP contribution in [0.5, 0.6) is 0 Å². The Morgan fingerprint density at radius 1 is 0.778 bits per heavy atom. The summed E-state index contributed by atoms with van der Waals surface area (Å²) in [6, 6.07) is 0. The van der Waals surface area contributed by atoms with Gasteiger partial charge in [-0.25, -0.2) is 4.79 Å². The van der Waals surface area contributed by atoms with Crippen LogP contribution in [0.1, 0.15) is 110 Å². The van der Waals surface area contributed by atoms with Crippen LogP contribution in [-0.2, 0) is 4.79 Å². The number of carboxylic acid groups (broad SMARTS) is 1. The SMILES string of the molecule is CCCCCCCCCCCCCCCCC(O)C[N+](C)(CC)CC(=O)O. The maximum absolute atomic E-state index is 11.0. The molecule has 27 heavy (non-hydrogen) atoms. The number of aliphatic hydroxyl groups is 1. The number of aliphatic carboxylic acids is 1. The van der Waals surface area contributed by atoms with E-state index in [1.54, 1.807) is 0 Å². The normalized spacial score (nSPS) is 14.8. The van der Waals surface area contributed by atoms with E-state index >= 15 is 0 Å². The Hall–Kier alpha value is -0.610. The van der Waals surface area contributed by atoms with Gasteiger partial charge in [0, 0.05) is 0 Å². The second-order valence-electron chi connectivity index (χ2n) is 8.71. The lowest BCUT2D eigenvalue weighted by atomic mass is 10.0. The van der Waals surface area contributed by atoms with Crippen molar-refractivity contribution in [3.63, 3.8) is 0 Å². The number of carboxylic acids is 1.